The number of ether oxygens (including phenoxy) is 2. The van der Waals surface area contributed by atoms with Gasteiger partial charge in [-0.3, -0.25) is 0 Å². The fraction of sp³-hybridized carbons (Fsp3) is 0.125. The van der Waals surface area contributed by atoms with Crippen molar-refractivity contribution in [3.05, 3.63) is 24.3 Å². The maximum Gasteiger partial charge on any atom is 0.387 e. The molecule has 1 aliphatic heterocycles. The van der Waals surface area contributed by atoms with Gasteiger partial charge >= 0.3 is 12.3 Å². The van der Waals surface area contributed by atoms with Crippen molar-refractivity contribution in [3.8, 4) is 11.5 Å². The van der Waals surface area contributed by atoms with Crippen LogP contribution in [0.4, 0.5) is 0 Å². The van der Waals surface area contributed by atoms with Crippen LogP contribution in [-0.4, -0.2) is 17.4 Å². The van der Waals surface area contributed by atoms with Crippen LogP contribution in [0.3, 0.4) is 0 Å². The molecule has 0 unspecified atom stereocenters. The SMILES string of the molecule is O=C(O)C1Oc2ccccc2O1. The van der Waals surface area contributed by atoms with Gasteiger partial charge in [-0.15, -0.1) is 0 Å². The molecule has 0 atom stereocenters. The maximum atomic E-state index is 10.4. The van der Waals surface area contributed by atoms with Gasteiger partial charge in [0.1, 0.15) is 0 Å². The minimum absolute atomic E-state index is 0.477. The maximum absolute atomic E-state index is 10.4. The Bertz CT molecular complexity index is 296. The average molecular weight is 166 g/mol. The van der Waals surface area contributed by atoms with E-state index in [0.29, 0.717) is 11.5 Å². The normalized spacial score (nSPS) is 14.7. The molecule has 1 aromatic rings. The molecule has 1 N–H and O–H groups in total. The number of carbonyl (C=O) groups is 1. The standard InChI is InChI=1S/C8H6O4/c9-7(10)8-11-5-3-1-2-4-6(5)12-8/h1-4,8H,(H,9,10). The van der Waals surface area contributed by atoms with E-state index in [4.69, 9.17) is 14.6 Å². The van der Waals surface area contributed by atoms with E-state index >= 15 is 0 Å². The zero-order valence-corrected chi connectivity index (χ0v) is 6.06. The van der Waals surface area contributed by atoms with E-state index in [1.165, 1.54) is 0 Å². The summed E-state index contributed by atoms with van der Waals surface area (Å²) >= 11 is 0. The Morgan fingerprint density at radius 3 is 2.17 bits per heavy atom. The summed E-state index contributed by atoms with van der Waals surface area (Å²) in [6, 6.07) is 6.84. The molecule has 0 aliphatic carbocycles. The van der Waals surface area contributed by atoms with Crippen LogP contribution in [-0.2, 0) is 4.79 Å². The number of para-hydroxylation sites is 2. The number of carboxylic acids is 1. The van der Waals surface area contributed by atoms with Gasteiger partial charge < -0.3 is 14.6 Å². The lowest BCUT2D eigenvalue weighted by Gasteiger charge is -2.01. The highest BCUT2D eigenvalue weighted by Gasteiger charge is 2.29. The lowest BCUT2D eigenvalue weighted by Crippen LogP contribution is -2.28. The van der Waals surface area contributed by atoms with E-state index in [1.807, 2.05) is 0 Å². The van der Waals surface area contributed by atoms with Crippen LogP contribution in [0.25, 0.3) is 0 Å². The highest BCUT2D eigenvalue weighted by atomic mass is 16.7. The fourth-order valence-corrected chi connectivity index (χ4v) is 1.00. The Kier molecular flexibility index (Phi) is 1.40. The van der Waals surface area contributed by atoms with Gasteiger partial charge in [0.05, 0.1) is 0 Å². The summed E-state index contributed by atoms with van der Waals surface area (Å²) in [5.74, 6) is -0.166. The molecular weight excluding hydrogens is 160 g/mol. The second-order valence-corrected chi connectivity index (χ2v) is 2.35. The van der Waals surface area contributed by atoms with Gasteiger partial charge in [-0.05, 0) is 12.1 Å². The van der Waals surface area contributed by atoms with Crippen LogP contribution >= 0.6 is 0 Å². The van der Waals surface area contributed by atoms with Crippen LogP contribution in [0.15, 0.2) is 24.3 Å². The van der Waals surface area contributed by atoms with Crippen LogP contribution < -0.4 is 9.47 Å². The molecule has 1 aliphatic rings. The first-order valence-corrected chi connectivity index (χ1v) is 3.42. The Morgan fingerprint density at radius 2 is 1.75 bits per heavy atom. The van der Waals surface area contributed by atoms with Crippen LogP contribution in [0.2, 0.25) is 0 Å². The van der Waals surface area contributed by atoms with Crippen LogP contribution in [0.1, 0.15) is 0 Å². The van der Waals surface area contributed by atoms with Gasteiger partial charge in [0.2, 0.25) is 0 Å². The number of aliphatic carboxylic acids is 1. The van der Waals surface area contributed by atoms with Gasteiger partial charge in [-0.1, -0.05) is 12.1 Å². The van der Waals surface area contributed by atoms with Crippen molar-refractivity contribution in [2.75, 3.05) is 0 Å². The second-order valence-electron chi connectivity index (χ2n) is 2.35. The van der Waals surface area contributed by atoms with E-state index in [2.05, 4.69) is 0 Å². The monoisotopic (exact) mass is 166 g/mol. The molecule has 4 heteroatoms. The van der Waals surface area contributed by atoms with Crippen molar-refractivity contribution >= 4 is 5.97 Å². The smallest absolute Gasteiger partial charge is 0.387 e. The molecule has 0 spiro atoms. The highest BCUT2D eigenvalue weighted by molar-refractivity contribution is 5.73. The van der Waals surface area contributed by atoms with Crippen LogP contribution in [0, 0.1) is 0 Å². The highest BCUT2D eigenvalue weighted by Crippen LogP contribution is 2.33. The molecule has 0 saturated carbocycles. The summed E-state index contributed by atoms with van der Waals surface area (Å²) < 4.78 is 9.89. The van der Waals surface area contributed by atoms with Crippen molar-refractivity contribution in [3.63, 3.8) is 0 Å². The Balaban J connectivity index is 2.27. The molecule has 1 aromatic carbocycles. The van der Waals surface area contributed by atoms with Crippen molar-refractivity contribution in [1.29, 1.82) is 0 Å². The lowest BCUT2D eigenvalue weighted by molar-refractivity contribution is -0.154. The molecule has 12 heavy (non-hydrogen) atoms. The zero-order valence-electron chi connectivity index (χ0n) is 6.06. The third kappa shape index (κ3) is 0.972. The quantitative estimate of drug-likeness (QED) is 0.672. The molecule has 0 aromatic heterocycles. The topological polar surface area (TPSA) is 55.8 Å². The fourth-order valence-electron chi connectivity index (χ4n) is 1.00. The Hall–Kier alpha value is -1.71. The molecule has 62 valence electrons. The molecule has 2 rings (SSSR count). The van der Waals surface area contributed by atoms with Crippen molar-refractivity contribution in [2.45, 2.75) is 6.29 Å². The van der Waals surface area contributed by atoms with E-state index in [-0.39, 0.29) is 0 Å². The number of hydrogen-bond donors (Lipinski definition) is 1. The minimum atomic E-state index is -1.19. The first kappa shape index (κ1) is 6.97. The average Bonchev–Trinajstić information content (AvgIpc) is 2.46. The molecule has 4 nitrogen and oxygen atoms in total. The minimum Gasteiger partial charge on any atom is -0.476 e. The van der Waals surface area contributed by atoms with E-state index in [9.17, 15) is 4.79 Å². The van der Waals surface area contributed by atoms with Crippen molar-refractivity contribution in [2.24, 2.45) is 0 Å². The number of hydrogen-bond acceptors (Lipinski definition) is 3. The summed E-state index contributed by atoms with van der Waals surface area (Å²) in [5, 5.41) is 8.54. The molecule has 0 amide bonds. The van der Waals surface area contributed by atoms with Gasteiger partial charge in [-0.25, -0.2) is 4.79 Å². The van der Waals surface area contributed by atoms with E-state index < -0.39 is 12.3 Å². The molecule has 0 fully saturated rings. The molecule has 0 bridgehead atoms. The van der Waals surface area contributed by atoms with Gasteiger partial charge in [0.25, 0.3) is 0 Å². The predicted octanol–water partition coefficient (Wildman–Crippen LogP) is 0.869. The largest absolute Gasteiger partial charge is 0.476 e. The summed E-state index contributed by atoms with van der Waals surface area (Å²) in [5.41, 5.74) is 0. The molecule has 0 radical (unpaired) electrons. The third-order valence-electron chi connectivity index (χ3n) is 1.52. The first-order chi connectivity index (χ1) is 5.77. The number of carboxylic acid groups (broad SMARTS) is 1. The lowest BCUT2D eigenvalue weighted by atomic mass is 10.3. The van der Waals surface area contributed by atoms with Crippen molar-refractivity contribution < 1.29 is 19.4 Å². The number of benzene rings is 1. The number of fused-ring (bicyclic) bond motifs is 1. The second kappa shape index (κ2) is 2.41. The summed E-state index contributed by atoms with van der Waals surface area (Å²) in [7, 11) is 0. The Morgan fingerprint density at radius 1 is 1.25 bits per heavy atom. The van der Waals surface area contributed by atoms with Gasteiger partial charge in [0, 0.05) is 0 Å². The molecule has 0 saturated heterocycles. The summed E-state index contributed by atoms with van der Waals surface area (Å²) in [6.07, 6.45) is -1.19. The first-order valence-electron chi connectivity index (χ1n) is 3.42. The number of rotatable bonds is 1. The van der Waals surface area contributed by atoms with Crippen LogP contribution in [0.5, 0.6) is 11.5 Å². The molecular formula is C8H6O4. The third-order valence-corrected chi connectivity index (χ3v) is 1.52. The summed E-state index contributed by atoms with van der Waals surface area (Å²) in [6.45, 7) is 0. The summed E-state index contributed by atoms with van der Waals surface area (Å²) in [4.78, 5) is 10.4. The zero-order chi connectivity index (χ0) is 8.55. The van der Waals surface area contributed by atoms with Crippen molar-refractivity contribution in [1.82, 2.24) is 0 Å². The van der Waals surface area contributed by atoms with E-state index in [1.54, 1.807) is 24.3 Å². The van der Waals surface area contributed by atoms with E-state index in [0.717, 1.165) is 0 Å². The van der Waals surface area contributed by atoms with Gasteiger partial charge in [0.15, 0.2) is 11.5 Å². The Labute approximate surface area is 68.3 Å². The van der Waals surface area contributed by atoms with Gasteiger partial charge in [-0.2, -0.15) is 0 Å². The molecule has 1 heterocycles. The predicted molar refractivity (Wildman–Crippen MR) is 39.1 cm³/mol.